The number of benzene rings is 1. The molecule has 0 unspecified atom stereocenters. The number of amides is 1. The molecule has 0 aliphatic heterocycles. The first-order valence-corrected chi connectivity index (χ1v) is 11.7. The average Bonchev–Trinajstić information content (AvgIpc) is 3.44. The van der Waals surface area contributed by atoms with E-state index in [1.165, 1.54) is 12.8 Å². The van der Waals surface area contributed by atoms with E-state index >= 15 is 0 Å². The van der Waals surface area contributed by atoms with Crippen LogP contribution in [0.25, 0.3) is 0 Å². The van der Waals surface area contributed by atoms with Crippen LogP contribution in [0.3, 0.4) is 0 Å². The van der Waals surface area contributed by atoms with E-state index in [9.17, 15) is 13.2 Å². The van der Waals surface area contributed by atoms with Crippen LogP contribution in [0.15, 0.2) is 24.3 Å². The van der Waals surface area contributed by atoms with Gasteiger partial charge in [0, 0.05) is 23.7 Å². The Kier molecular flexibility index (Phi) is 6.34. The molecule has 0 bridgehead atoms. The largest absolute Gasteiger partial charge is 0.493 e. The Morgan fingerprint density at radius 1 is 1.11 bits per heavy atom. The smallest absolute Gasteiger partial charge is 0.227 e. The van der Waals surface area contributed by atoms with Crippen molar-refractivity contribution in [2.75, 3.05) is 11.9 Å². The summed E-state index contributed by atoms with van der Waals surface area (Å²) in [7, 11) is -3.36. The van der Waals surface area contributed by atoms with Crippen molar-refractivity contribution >= 4 is 21.6 Å². The van der Waals surface area contributed by atoms with Gasteiger partial charge >= 0.3 is 0 Å². The second kappa shape index (κ2) is 8.41. The summed E-state index contributed by atoms with van der Waals surface area (Å²) in [6.07, 6.45) is 5.20. The van der Waals surface area contributed by atoms with Crippen LogP contribution in [-0.2, 0) is 14.8 Å². The zero-order valence-corrected chi connectivity index (χ0v) is 17.8. The lowest BCUT2D eigenvalue weighted by Gasteiger charge is -2.30. The van der Waals surface area contributed by atoms with E-state index in [4.69, 9.17) is 4.74 Å². The Hall–Kier alpha value is -1.60. The van der Waals surface area contributed by atoms with E-state index in [2.05, 4.69) is 10.0 Å². The Morgan fingerprint density at radius 3 is 2.39 bits per heavy atom. The van der Waals surface area contributed by atoms with Gasteiger partial charge in [0.05, 0.1) is 11.4 Å². The highest BCUT2D eigenvalue weighted by Crippen LogP contribution is 2.31. The number of sulfonamides is 1. The van der Waals surface area contributed by atoms with Crippen LogP contribution in [0.4, 0.5) is 5.69 Å². The lowest BCUT2D eigenvalue weighted by Crippen LogP contribution is -2.46. The molecule has 1 aromatic rings. The van der Waals surface area contributed by atoms with Crippen molar-refractivity contribution in [1.29, 1.82) is 0 Å². The summed E-state index contributed by atoms with van der Waals surface area (Å²) in [5.41, 5.74) is 0.744. The molecule has 2 saturated carbocycles. The third-order valence-corrected chi connectivity index (χ3v) is 7.77. The normalized spacial score (nSPS) is 23.2. The Morgan fingerprint density at radius 2 is 1.79 bits per heavy atom. The van der Waals surface area contributed by atoms with Gasteiger partial charge in [-0.05, 0) is 77.3 Å². The Labute approximate surface area is 168 Å². The lowest BCUT2D eigenvalue weighted by molar-refractivity contribution is -0.120. The standard InChI is InChI=1S/C21H32N2O4S/c1-21(2,3)28(25,26)23-17-11-9-16(10-12-17)20(24)22-18-5-4-6-19(13-18)27-14-15-7-8-15/h4-6,13,15-17,23H,7-12,14H2,1-3H3,(H,22,24). The predicted molar refractivity (Wildman–Crippen MR) is 111 cm³/mol. The molecular weight excluding hydrogens is 376 g/mol. The maximum absolute atomic E-state index is 12.6. The second-order valence-corrected chi connectivity index (χ2v) is 11.5. The van der Waals surface area contributed by atoms with E-state index in [0.29, 0.717) is 31.6 Å². The zero-order chi connectivity index (χ0) is 20.4. The fourth-order valence-electron chi connectivity index (χ4n) is 3.28. The number of hydrogen-bond donors (Lipinski definition) is 2. The quantitative estimate of drug-likeness (QED) is 0.721. The molecule has 2 aliphatic carbocycles. The van der Waals surface area contributed by atoms with Crippen LogP contribution in [0, 0.1) is 11.8 Å². The maximum Gasteiger partial charge on any atom is 0.227 e. The lowest BCUT2D eigenvalue weighted by atomic mass is 9.86. The van der Waals surface area contributed by atoms with Gasteiger partial charge in [0.1, 0.15) is 5.75 Å². The molecule has 7 heteroatoms. The van der Waals surface area contributed by atoms with Crippen LogP contribution >= 0.6 is 0 Å². The van der Waals surface area contributed by atoms with Gasteiger partial charge in [0.25, 0.3) is 0 Å². The van der Waals surface area contributed by atoms with E-state index in [1.807, 2.05) is 24.3 Å². The summed E-state index contributed by atoms with van der Waals surface area (Å²) in [6, 6.07) is 7.43. The molecule has 0 radical (unpaired) electrons. The van der Waals surface area contributed by atoms with E-state index < -0.39 is 14.8 Å². The third kappa shape index (κ3) is 5.70. The van der Waals surface area contributed by atoms with E-state index in [0.717, 1.165) is 18.0 Å². The molecule has 156 valence electrons. The average molecular weight is 409 g/mol. The first kappa shape index (κ1) is 21.1. The number of carbonyl (C=O) groups is 1. The molecule has 1 amide bonds. The molecule has 0 aromatic heterocycles. The molecule has 0 heterocycles. The summed E-state index contributed by atoms with van der Waals surface area (Å²) < 4.78 is 32.4. The molecule has 0 saturated heterocycles. The predicted octanol–water partition coefficient (Wildman–Crippen LogP) is 3.69. The number of anilines is 1. The Bertz CT molecular complexity index is 789. The molecule has 1 aromatic carbocycles. The molecular formula is C21H32N2O4S. The van der Waals surface area contributed by atoms with Crippen LogP contribution in [-0.4, -0.2) is 31.7 Å². The molecule has 6 nitrogen and oxygen atoms in total. The molecule has 0 atom stereocenters. The molecule has 28 heavy (non-hydrogen) atoms. The van der Waals surface area contributed by atoms with Crippen molar-refractivity contribution in [3.8, 4) is 5.75 Å². The highest BCUT2D eigenvalue weighted by Gasteiger charge is 2.34. The topological polar surface area (TPSA) is 84.5 Å². The minimum atomic E-state index is -3.36. The Balaban J connectivity index is 1.48. The number of carbonyl (C=O) groups excluding carboxylic acids is 1. The van der Waals surface area contributed by atoms with E-state index in [1.54, 1.807) is 20.8 Å². The summed E-state index contributed by atoms with van der Waals surface area (Å²) >= 11 is 0. The molecule has 3 rings (SSSR count). The van der Waals surface area contributed by atoms with E-state index in [-0.39, 0.29) is 17.9 Å². The van der Waals surface area contributed by atoms with Gasteiger partial charge in [-0.25, -0.2) is 13.1 Å². The number of ether oxygens (including phenoxy) is 1. The van der Waals surface area contributed by atoms with Crippen molar-refractivity contribution in [3.63, 3.8) is 0 Å². The summed E-state index contributed by atoms with van der Waals surface area (Å²) in [5.74, 6) is 1.37. The summed E-state index contributed by atoms with van der Waals surface area (Å²) in [4.78, 5) is 12.6. The van der Waals surface area contributed by atoms with Gasteiger partial charge in [-0.1, -0.05) is 6.07 Å². The van der Waals surface area contributed by atoms with Gasteiger partial charge in [0.2, 0.25) is 15.9 Å². The van der Waals surface area contributed by atoms with Crippen LogP contribution < -0.4 is 14.8 Å². The number of nitrogens with one attached hydrogen (secondary N) is 2. The molecule has 2 fully saturated rings. The van der Waals surface area contributed by atoms with Gasteiger partial charge < -0.3 is 10.1 Å². The van der Waals surface area contributed by atoms with Crippen molar-refractivity contribution in [2.24, 2.45) is 11.8 Å². The van der Waals surface area contributed by atoms with Crippen molar-refractivity contribution in [2.45, 2.75) is 70.1 Å². The maximum atomic E-state index is 12.6. The SMILES string of the molecule is CC(C)(C)S(=O)(=O)NC1CCC(C(=O)Nc2cccc(OCC3CC3)c2)CC1. The van der Waals surface area contributed by atoms with Gasteiger partial charge in [-0.15, -0.1) is 0 Å². The number of rotatable bonds is 7. The zero-order valence-electron chi connectivity index (χ0n) is 17.0. The molecule has 2 N–H and O–H groups in total. The summed E-state index contributed by atoms with van der Waals surface area (Å²) in [6.45, 7) is 5.82. The number of hydrogen-bond acceptors (Lipinski definition) is 4. The van der Waals surface area contributed by atoms with Crippen molar-refractivity contribution in [3.05, 3.63) is 24.3 Å². The fourth-order valence-corrected chi connectivity index (χ4v) is 4.30. The monoisotopic (exact) mass is 408 g/mol. The first-order chi connectivity index (χ1) is 13.1. The molecule has 2 aliphatic rings. The molecule has 0 spiro atoms. The minimum absolute atomic E-state index is 0.00327. The summed E-state index contributed by atoms with van der Waals surface area (Å²) in [5, 5.41) is 2.99. The first-order valence-electron chi connectivity index (χ1n) is 10.2. The highest BCUT2D eigenvalue weighted by atomic mass is 32.2. The fraction of sp³-hybridized carbons (Fsp3) is 0.667. The third-order valence-electron chi connectivity index (χ3n) is 5.51. The van der Waals surface area contributed by atoms with Gasteiger partial charge in [-0.3, -0.25) is 4.79 Å². The minimum Gasteiger partial charge on any atom is -0.493 e. The van der Waals surface area contributed by atoms with Crippen molar-refractivity contribution < 1.29 is 17.9 Å². The van der Waals surface area contributed by atoms with Gasteiger partial charge in [0.15, 0.2) is 0 Å². The highest BCUT2D eigenvalue weighted by molar-refractivity contribution is 7.90. The van der Waals surface area contributed by atoms with Gasteiger partial charge in [-0.2, -0.15) is 0 Å². The van der Waals surface area contributed by atoms with Crippen LogP contribution in [0.2, 0.25) is 0 Å². The van der Waals surface area contributed by atoms with Crippen LogP contribution in [0.5, 0.6) is 5.75 Å². The second-order valence-electron chi connectivity index (χ2n) is 9.05. The van der Waals surface area contributed by atoms with Crippen molar-refractivity contribution in [1.82, 2.24) is 4.72 Å². The van der Waals surface area contributed by atoms with Crippen LogP contribution in [0.1, 0.15) is 59.3 Å².